The van der Waals surface area contributed by atoms with E-state index in [1.165, 1.54) is 47.4 Å². The lowest BCUT2D eigenvalue weighted by atomic mass is 10.2. The molecule has 1 heterocycles. The highest BCUT2D eigenvalue weighted by Gasteiger charge is 2.12. The van der Waals surface area contributed by atoms with Crippen LogP contribution in [0, 0.1) is 12.7 Å². The number of hydrogen-bond acceptors (Lipinski definition) is 6. The van der Waals surface area contributed by atoms with Crippen molar-refractivity contribution in [2.75, 3.05) is 23.5 Å². The number of nitrogens with one attached hydrogen (secondary N) is 2. The van der Waals surface area contributed by atoms with Crippen LogP contribution in [0.1, 0.15) is 11.3 Å². The number of aromatic nitrogens is 1. The summed E-state index contributed by atoms with van der Waals surface area (Å²) in [5.41, 5.74) is 2.79. The summed E-state index contributed by atoms with van der Waals surface area (Å²) in [5, 5.41) is 7.34. The number of ether oxygens (including phenoxy) is 1. The molecule has 0 radical (unpaired) electrons. The van der Waals surface area contributed by atoms with Gasteiger partial charge in [0.2, 0.25) is 11.8 Å². The Balaban J connectivity index is 1.50. The molecule has 0 bridgehead atoms. The van der Waals surface area contributed by atoms with Crippen molar-refractivity contribution in [3.8, 4) is 5.75 Å². The summed E-state index contributed by atoms with van der Waals surface area (Å²) in [6, 6.07) is 11.1. The number of thioether (sulfide) groups is 1. The maximum atomic E-state index is 12.9. The van der Waals surface area contributed by atoms with E-state index in [-0.39, 0.29) is 29.8 Å². The van der Waals surface area contributed by atoms with Gasteiger partial charge in [-0.3, -0.25) is 9.59 Å². The Morgan fingerprint density at radius 3 is 2.63 bits per heavy atom. The zero-order chi connectivity index (χ0) is 21.5. The van der Waals surface area contributed by atoms with Crippen LogP contribution in [0.4, 0.5) is 15.8 Å². The standard InChI is InChI=1S/C21H20FN3O3S2/c1-13-3-8-18(28-2)17(9-13)25-19(26)10-16-11-29-21(24-16)30-12-20(27)23-15-6-4-14(22)5-7-15/h3-9,11H,10,12H2,1-2H3,(H,23,27)(H,25,26). The Morgan fingerprint density at radius 2 is 1.90 bits per heavy atom. The van der Waals surface area contributed by atoms with Crippen LogP contribution >= 0.6 is 23.1 Å². The molecule has 3 aromatic rings. The molecular formula is C21H20FN3O3S2. The van der Waals surface area contributed by atoms with E-state index in [1.807, 2.05) is 19.1 Å². The third-order valence-corrected chi connectivity index (χ3v) is 6.03. The highest BCUT2D eigenvalue weighted by Crippen LogP contribution is 2.26. The maximum absolute atomic E-state index is 12.9. The van der Waals surface area contributed by atoms with Crippen molar-refractivity contribution in [1.29, 1.82) is 0 Å². The van der Waals surface area contributed by atoms with Gasteiger partial charge in [-0.05, 0) is 48.9 Å². The van der Waals surface area contributed by atoms with Gasteiger partial charge in [-0.1, -0.05) is 17.8 Å². The fraction of sp³-hybridized carbons (Fsp3) is 0.190. The minimum absolute atomic E-state index is 0.121. The van der Waals surface area contributed by atoms with Crippen LogP contribution in [-0.4, -0.2) is 29.7 Å². The van der Waals surface area contributed by atoms with Crippen molar-refractivity contribution in [3.05, 3.63) is 64.9 Å². The van der Waals surface area contributed by atoms with Gasteiger partial charge >= 0.3 is 0 Å². The number of nitrogens with zero attached hydrogens (tertiary/aromatic N) is 1. The Labute approximate surface area is 181 Å². The van der Waals surface area contributed by atoms with Gasteiger partial charge in [-0.15, -0.1) is 11.3 Å². The Hall–Kier alpha value is -2.91. The number of carbonyl (C=O) groups excluding carboxylic acids is 2. The third-order valence-electron chi connectivity index (χ3n) is 3.96. The molecule has 9 heteroatoms. The molecule has 0 saturated heterocycles. The monoisotopic (exact) mass is 445 g/mol. The fourth-order valence-corrected chi connectivity index (χ4v) is 4.22. The molecular weight excluding hydrogens is 425 g/mol. The van der Waals surface area contributed by atoms with Crippen LogP contribution in [0.3, 0.4) is 0 Å². The van der Waals surface area contributed by atoms with Crippen molar-refractivity contribution in [2.24, 2.45) is 0 Å². The maximum Gasteiger partial charge on any atom is 0.234 e. The summed E-state index contributed by atoms with van der Waals surface area (Å²) in [4.78, 5) is 28.8. The second kappa shape index (κ2) is 10.2. The average molecular weight is 446 g/mol. The first-order valence-corrected chi connectivity index (χ1v) is 10.9. The van der Waals surface area contributed by atoms with E-state index in [0.717, 1.165) is 5.56 Å². The lowest BCUT2D eigenvalue weighted by molar-refractivity contribution is -0.116. The number of halogens is 1. The lowest BCUT2D eigenvalue weighted by Gasteiger charge is -2.10. The van der Waals surface area contributed by atoms with E-state index in [1.54, 1.807) is 18.6 Å². The number of methoxy groups -OCH3 is 1. The quantitative estimate of drug-likeness (QED) is 0.499. The van der Waals surface area contributed by atoms with E-state index >= 15 is 0 Å². The molecule has 0 aliphatic carbocycles. The number of rotatable bonds is 8. The predicted molar refractivity (Wildman–Crippen MR) is 118 cm³/mol. The summed E-state index contributed by atoms with van der Waals surface area (Å²) in [6.45, 7) is 1.94. The van der Waals surface area contributed by atoms with Crippen molar-refractivity contribution < 1.29 is 18.7 Å². The average Bonchev–Trinajstić information content (AvgIpc) is 3.15. The first kappa shape index (κ1) is 21.8. The zero-order valence-corrected chi connectivity index (χ0v) is 18.0. The Morgan fingerprint density at radius 1 is 1.13 bits per heavy atom. The zero-order valence-electron chi connectivity index (χ0n) is 16.4. The summed E-state index contributed by atoms with van der Waals surface area (Å²) in [5.74, 6) is -0.0162. The molecule has 2 amide bonds. The van der Waals surface area contributed by atoms with Crippen LogP contribution in [0.2, 0.25) is 0 Å². The third kappa shape index (κ3) is 6.30. The van der Waals surface area contributed by atoms with Gasteiger partial charge in [0.25, 0.3) is 0 Å². The van der Waals surface area contributed by atoms with Crippen molar-refractivity contribution >= 4 is 46.3 Å². The van der Waals surface area contributed by atoms with Gasteiger partial charge in [0, 0.05) is 11.1 Å². The Kier molecular flexibility index (Phi) is 7.42. The number of carbonyl (C=O) groups is 2. The molecule has 0 unspecified atom stereocenters. The molecule has 0 fully saturated rings. The predicted octanol–water partition coefficient (Wildman–Crippen LogP) is 4.51. The molecule has 3 rings (SSSR count). The van der Waals surface area contributed by atoms with E-state index in [9.17, 15) is 14.0 Å². The number of amides is 2. The summed E-state index contributed by atoms with van der Waals surface area (Å²) in [7, 11) is 1.55. The van der Waals surface area contributed by atoms with Gasteiger partial charge in [-0.2, -0.15) is 0 Å². The SMILES string of the molecule is COc1ccc(C)cc1NC(=O)Cc1csc(SCC(=O)Nc2ccc(F)cc2)n1. The lowest BCUT2D eigenvalue weighted by Crippen LogP contribution is -2.15. The fourth-order valence-electron chi connectivity index (χ4n) is 2.57. The first-order valence-electron chi connectivity index (χ1n) is 9.00. The van der Waals surface area contributed by atoms with E-state index in [2.05, 4.69) is 15.6 Å². The Bertz CT molecular complexity index is 1040. The van der Waals surface area contributed by atoms with Crippen LogP contribution in [0.25, 0.3) is 0 Å². The molecule has 0 atom stereocenters. The molecule has 30 heavy (non-hydrogen) atoms. The number of hydrogen-bond donors (Lipinski definition) is 2. The molecule has 2 aromatic carbocycles. The highest BCUT2D eigenvalue weighted by molar-refractivity contribution is 8.01. The molecule has 1 aromatic heterocycles. The van der Waals surface area contributed by atoms with Crippen LogP contribution in [0.5, 0.6) is 5.75 Å². The van der Waals surface area contributed by atoms with Crippen molar-refractivity contribution in [2.45, 2.75) is 17.7 Å². The normalized spacial score (nSPS) is 10.5. The largest absolute Gasteiger partial charge is 0.495 e. The van der Waals surface area contributed by atoms with E-state index in [0.29, 0.717) is 27.2 Å². The molecule has 156 valence electrons. The molecule has 0 aliphatic rings. The van der Waals surface area contributed by atoms with Crippen LogP contribution < -0.4 is 15.4 Å². The van der Waals surface area contributed by atoms with E-state index < -0.39 is 0 Å². The molecule has 0 spiro atoms. The number of benzene rings is 2. The number of aryl methyl sites for hydroxylation is 1. The summed E-state index contributed by atoms with van der Waals surface area (Å²) in [6.07, 6.45) is 0.121. The number of anilines is 2. The molecule has 6 nitrogen and oxygen atoms in total. The van der Waals surface area contributed by atoms with E-state index in [4.69, 9.17) is 4.74 Å². The minimum Gasteiger partial charge on any atom is -0.495 e. The molecule has 2 N–H and O–H groups in total. The van der Waals surface area contributed by atoms with Gasteiger partial charge in [0.05, 0.1) is 30.7 Å². The topological polar surface area (TPSA) is 80.3 Å². The minimum atomic E-state index is -0.359. The molecule has 0 saturated carbocycles. The summed E-state index contributed by atoms with van der Waals surface area (Å²) < 4.78 is 18.9. The van der Waals surface area contributed by atoms with Crippen molar-refractivity contribution in [3.63, 3.8) is 0 Å². The van der Waals surface area contributed by atoms with Crippen LogP contribution in [-0.2, 0) is 16.0 Å². The van der Waals surface area contributed by atoms with Crippen LogP contribution in [0.15, 0.2) is 52.2 Å². The van der Waals surface area contributed by atoms with Gasteiger partial charge < -0.3 is 15.4 Å². The second-order valence-electron chi connectivity index (χ2n) is 6.38. The first-order chi connectivity index (χ1) is 14.4. The molecule has 0 aliphatic heterocycles. The number of thiazole rings is 1. The second-order valence-corrected chi connectivity index (χ2v) is 8.46. The highest BCUT2D eigenvalue weighted by atomic mass is 32.2. The van der Waals surface area contributed by atoms with Gasteiger partial charge in [-0.25, -0.2) is 9.37 Å². The smallest absolute Gasteiger partial charge is 0.234 e. The van der Waals surface area contributed by atoms with Crippen molar-refractivity contribution in [1.82, 2.24) is 4.98 Å². The summed E-state index contributed by atoms with van der Waals surface area (Å²) >= 11 is 2.66. The van der Waals surface area contributed by atoms with Gasteiger partial charge in [0.1, 0.15) is 11.6 Å². The van der Waals surface area contributed by atoms with Gasteiger partial charge in [0.15, 0.2) is 4.34 Å².